The minimum Gasteiger partial charge on any atom is -0.338 e. The summed E-state index contributed by atoms with van der Waals surface area (Å²) in [7, 11) is 0. The van der Waals surface area contributed by atoms with Gasteiger partial charge in [-0.05, 0) is 44.4 Å². The second-order valence-corrected chi connectivity index (χ2v) is 7.20. The third-order valence-electron chi connectivity index (χ3n) is 4.74. The van der Waals surface area contributed by atoms with Crippen molar-refractivity contribution in [2.24, 2.45) is 0 Å². The highest BCUT2D eigenvalue weighted by Gasteiger charge is 2.22. The van der Waals surface area contributed by atoms with Crippen molar-refractivity contribution >= 4 is 29.1 Å². The Hall–Kier alpha value is -1.59. The molecule has 2 N–H and O–H groups in total. The van der Waals surface area contributed by atoms with Crippen molar-refractivity contribution in [3.63, 3.8) is 0 Å². The summed E-state index contributed by atoms with van der Waals surface area (Å²) in [6.07, 6.45) is 4.58. The first-order valence-electron chi connectivity index (χ1n) is 9.17. The Kier molecular flexibility index (Phi) is 7.72. The van der Waals surface area contributed by atoms with Crippen molar-refractivity contribution in [2.45, 2.75) is 39.5 Å². The van der Waals surface area contributed by atoms with Gasteiger partial charge < -0.3 is 15.1 Å². The number of benzene rings is 1. The number of nitrogens with one attached hydrogen (secondary N) is 2. The number of quaternary nitrogens is 1. The summed E-state index contributed by atoms with van der Waals surface area (Å²) < 4.78 is 0. The first-order chi connectivity index (χ1) is 12.0. The number of amides is 2. The van der Waals surface area contributed by atoms with Gasteiger partial charge in [-0.3, -0.25) is 9.59 Å². The fourth-order valence-corrected chi connectivity index (χ4v) is 3.28. The van der Waals surface area contributed by atoms with Gasteiger partial charge >= 0.3 is 0 Å². The van der Waals surface area contributed by atoms with Crippen molar-refractivity contribution in [3.05, 3.63) is 28.8 Å². The molecule has 1 fully saturated rings. The molecule has 1 aromatic rings. The molecule has 25 heavy (non-hydrogen) atoms. The van der Waals surface area contributed by atoms with E-state index in [-0.39, 0.29) is 18.4 Å². The minimum absolute atomic E-state index is 0.0918. The molecule has 1 atom stereocenters. The van der Waals surface area contributed by atoms with Gasteiger partial charge in [0, 0.05) is 23.8 Å². The molecule has 0 aliphatic carbocycles. The fraction of sp³-hybridized carbons (Fsp3) is 0.579. The summed E-state index contributed by atoms with van der Waals surface area (Å²) in [4.78, 5) is 27.8. The Balaban J connectivity index is 1.88. The van der Waals surface area contributed by atoms with Crippen molar-refractivity contribution in [3.8, 4) is 0 Å². The van der Waals surface area contributed by atoms with Crippen LogP contribution in [-0.2, 0) is 9.59 Å². The van der Waals surface area contributed by atoms with E-state index in [1.807, 2.05) is 24.8 Å². The average Bonchev–Trinajstić information content (AvgIpc) is 2.87. The van der Waals surface area contributed by atoms with E-state index >= 15 is 0 Å². The van der Waals surface area contributed by atoms with Gasteiger partial charge in [-0.1, -0.05) is 30.5 Å². The van der Waals surface area contributed by atoms with Crippen molar-refractivity contribution in [1.82, 2.24) is 4.90 Å². The molecule has 1 saturated heterocycles. The zero-order valence-corrected chi connectivity index (χ0v) is 16.0. The van der Waals surface area contributed by atoms with Crippen molar-refractivity contribution in [2.75, 3.05) is 38.0 Å². The molecule has 0 bridgehead atoms. The maximum absolute atomic E-state index is 12.5. The van der Waals surface area contributed by atoms with E-state index in [9.17, 15) is 9.59 Å². The van der Waals surface area contributed by atoms with Crippen LogP contribution >= 0.6 is 11.6 Å². The van der Waals surface area contributed by atoms with Crippen LogP contribution < -0.4 is 10.2 Å². The summed E-state index contributed by atoms with van der Waals surface area (Å²) in [5, 5.41) is 3.50. The fourth-order valence-electron chi connectivity index (χ4n) is 3.11. The van der Waals surface area contributed by atoms with Crippen LogP contribution in [0, 0.1) is 6.92 Å². The van der Waals surface area contributed by atoms with Crippen LogP contribution in [0.3, 0.4) is 0 Å². The Morgan fingerprint density at radius 2 is 1.84 bits per heavy atom. The van der Waals surface area contributed by atoms with Gasteiger partial charge in [-0.15, -0.1) is 0 Å². The SMILES string of the molecule is CC[NH+](CC(=O)Nc1cc(Cl)ccc1C)CC(=O)N1CCCCCC1. The molecule has 6 heteroatoms. The lowest BCUT2D eigenvalue weighted by Gasteiger charge is -2.23. The summed E-state index contributed by atoms with van der Waals surface area (Å²) in [6.45, 7) is 7.03. The molecule has 5 nitrogen and oxygen atoms in total. The van der Waals surface area contributed by atoms with E-state index in [0.717, 1.165) is 48.6 Å². The van der Waals surface area contributed by atoms with E-state index in [1.54, 1.807) is 12.1 Å². The van der Waals surface area contributed by atoms with Crippen molar-refractivity contribution in [1.29, 1.82) is 0 Å². The number of anilines is 1. The Labute approximate surface area is 155 Å². The van der Waals surface area contributed by atoms with Gasteiger partial charge in [-0.2, -0.15) is 0 Å². The van der Waals surface area contributed by atoms with Gasteiger partial charge in [0.1, 0.15) is 0 Å². The molecule has 1 aliphatic heterocycles. The maximum Gasteiger partial charge on any atom is 0.279 e. The molecule has 1 heterocycles. The smallest absolute Gasteiger partial charge is 0.279 e. The molecular formula is C19H29ClN3O2+. The second kappa shape index (κ2) is 9.78. The lowest BCUT2D eigenvalue weighted by molar-refractivity contribution is -0.882. The number of hydrogen-bond acceptors (Lipinski definition) is 2. The number of halogens is 1. The average molecular weight is 367 g/mol. The van der Waals surface area contributed by atoms with Gasteiger partial charge in [0.25, 0.3) is 11.8 Å². The van der Waals surface area contributed by atoms with E-state index in [4.69, 9.17) is 11.6 Å². The quantitative estimate of drug-likeness (QED) is 0.807. The summed E-state index contributed by atoms with van der Waals surface area (Å²) >= 11 is 5.99. The molecule has 1 aliphatic rings. The first-order valence-corrected chi connectivity index (χ1v) is 9.54. The molecule has 138 valence electrons. The van der Waals surface area contributed by atoms with Crippen LogP contribution in [0.15, 0.2) is 18.2 Å². The molecule has 2 rings (SSSR count). The van der Waals surface area contributed by atoms with Gasteiger partial charge in [0.2, 0.25) is 0 Å². The molecule has 1 unspecified atom stereocenters. The third-order valence-corrected chi connectivity index (χ3v) is 4.98. The van der Waals surface area contributed by atoms with Crippen LogP contribution in [0.5, 0.6) is 0 Å². The zero-order valence-electron chi connectivity index (χ0n) is 15.2. The van der Waals surface area contributed by atoms with E-state index < -0.39 is 0 Å². The number of likely N-dealkylation sites (tertiary alicyclic amines) is 1. The largest absolute Gasteiger partial charge is 0.338 e. The number of likely N-dealkylation sites (N-methyl/N-ethyl adjacent to an activating group) is 1. The summed E-state index contributed by atoms with van der Waals surface area (Å²) in [5.41, 5.74) is 1.70. The molecule has 0 spiro atoms. The monoisotopic (exact) mass is 366 g/mol. The van der Waals surface area contributed by atoms with Crippen molar-refractivity contribution < 1.29 is 14.5 Å². The lowest BCUT2D eigenvalue weighted by Crippen LogP contribution is -3.14. The highest BCUT2D eigenvalue weighted by atomic mass is 35.5. The lowest BCUT2D eigenvalue weighted by atomic mass is 10.2. The van der Waals surface area contributed by atoms with Crippen LogP contribution in [0.25, 0.3) is 0 Å². The van der Waals surface area contributed by atoms with E-state index in [2.05, 4.69) is 5.32 Å². The minimum atomic E-state index is -0.0918. The topological polar surface area (TPSA) is 53.9 Å². The molecule has 0 radical (unpaired) electrons. The van der Waals surface area contributed by atoms with Crippen LogP contribution in [0.1, 0.15) is 38.2 Å². The zero-order chi connectivity index (χ0) is 18.2. The number of carbonyl (C=O) groups excluding carboxylic acids is 2. The number of nitrogens with zero attached hydrogens (tertiary/aromatic N) is 1. The van der Waals surface area contributed by atoms with Gasteiger partial charge in [0.05, 0.1) is 6.54 Å². The summed E-state index contributed by atoms with van der Waals surface area (Å²) in [6, 6.07) is 5.43. The predicted molar refractivity (Wildman–Crippen MR) is 101 cm³/mol. The number of hydrogen-bond donors (Lipinski definition) is 2. The van der Waals surface area contributed by atoms with Gasteiger partial charge in [0.15, 0.2) is 13.1 Å². The third kappa shape index (κ3) is 6.33. The van der Waals surface area contributed by atoms with Crippen LogP contribution in [0.4, 0.5) is 5.69 Å². The molecule has 0 saturated carbocycles. The normalized spacial score (nSPS) is 16.2. The molecule has 2 amide bonds. The Bertz CT molecular complexity index is 598. The number of rotatable bonds is 6. The number of aryl methyl sites for hydroxylation is 1. The van der Waals surface area contributed by atoms with Crippen LogP contribution in [0.2, 0.25) is 5.02 Å². The van der Waals surface area contributed by atoms with E-state index in [1.165, 1.54) is 12.8 Å². The number of carbonyl (C=O) groups is 2. The maximum atomic E-state index is 12.5. The molecule has 0 aromatic heterocycles. The molecular weight excluding hydrogens is 338 g/mol. The van der Waals surface area contributed by atoms with Crippen LogP contribution in [-0.4, -0.2) is 49.4 Å². The second-order valence-electron chi connectivity index (χ2n) is 6.76. The highest BCUT2D eigenvalue weighted by molar-refractivity contribution is 6.31. The van der Waals surface area contributed by atoms with E-state index in [0.29, 0.717) is 11.6 Å². The Morgan fingerprint density at radius 1 is 1.16 bits per heavy atom. The summed E-state index contributed by atoms with van der Waals surface area (Å²) in [5.74, 6) is 0.0661. The highest BCUT2D eigenvalue weighted by Crippen LogP contribution is 2.19. The predicted octanol–water partition coefficient (Wildman–Crippen LogP) is 1.89. The first kappa shape index (κ1) is 19.7. The van der Waals surface area contributed by atoms with Gasteiger partial charge in [-0.25, -0.2) is 0 Å². The standard InChI is InChI=1S/C19H28ClN3O2/c1-3-22(14-19(25)23-10-6-4-5-7-11-23)13-18(24)21-17-12-16(20)9-8-15(17)2/h8-9,12H,3-7,10-11,13-14H2,1-2H3,(H,21,24)/p+1. The Morgan fingerprint density at radius 3 is 2.48 bits per heavy atom. The molecule has 1 aromatic carbocycles.